The molecule has 12 nitrogen and oxygen atoms in total. The monoisotopic (exact) mass is 754 g/mol. The van der Waals surface area contributed by atoms with E-state index in [1.54, 1.807) is 0 Å². The molecule has 6 fully saturated rings. The van der Waals surface area contributed by atoms with Gasteiger partial charge >= 0.3 is 0 Å². The fraction of sp³-hybridized carbons (Fsp3) is 0.976. The Labute approximate surface area is 316 Å². The molecule has 4 saturated carbocycles. The van der Waals surface area contributed by atoms with Gasteiger partial charge in [0.15, 0.2) is 12.6 Å². The molecule has 7 N–H and O–H groups in total. The lowest BCUT2D eigenvalue weighted by Gasteiger charge is -2.61. The fourth-order valence-electron chi connectivity index (χ4n) is 12.7. The van der Waals surface area contributed by atoms with Gasteiger partial charge in [0, 0.05) is 6.92 Å². The highest BCUT2D eigenvalue weighted by atomic mass is 16.7. The maximum Gasteiger partial charge on any atom is 0.217 e. The first-order chi connectivity index (χ1) is 25.2. The maximum absolute atomic E-state index is 11.9. The van der Waals surface area contributed by atoms with Crippen LogP contribution in [0.2, 0.25) is 0 Å². The molecule has 6 rings (SSSR count). The highest BCUT2D eigenvalue weighted by Gasteiger charge is 2.60. The Bertz CT molecular complexity index is 1210. The Morgan fingerprint density at radius 2 is 1.49 bits per heavy atom. The quantitative estimate of drug-likeness (QED) is 0.146. The Morgan fingerprint density at radius 1 is 0.792 bits per heavy atom. The van der Waals surface area contributed by atoms with Crippen LogP contribution < -0.4 is 5.32 Å². The van der Waals surface area contributed by atoms with E-state index in [9.17, 15) is 35.4 Å². The van der Waals surface area contributed by atoms with Crippen LogP contribution in [-0.2, 0) is 23.7 Å². The summed E-state index contributed by atoms with van der Waals surface area (Å²) in [6.07, 6.45) is 4.90. The normalized spacial score (nSPS) is 48.2. The van der Waals surface area contributed by atoms with E-state index in [2.05, 4.69) is 33.0 Å². The summed E-state index contributed by atoms with van der Waals surface area (Å²) in [6, 6.07) is -1.27. The number of aliphatic hydroxyl groups is 6. The van der Waals surface area contributed by atoms with Crippen molar-refractivity contribution in [2.24, 2.45) is 52.3 Å². The number of hydrogen-bond acceptors (Lipinski definition) is 11. The average Bonchev–Trinajstić information content (AvgIpc) is 3.49. The van der Waals surface area contributed by atoms with Gasteiger partial charge in [-0.3, -0.25) is 4.79 Å². The molecule has 6 aliphatic rings. The van der Waals surface area contributed by atoms with Crippen LogP contribution in [0.5, 0.6) is 0 Å². The number of fused-ring (bicyclic) bond motifs is 5. The highest BCUT2D eigenvalue weighted by molar-refractivity contribution is 5.73. The van der Waals surface area contributed by atoms with Crippen LogP contribution in [0, 0.1) is 52.3 Å². The molecule has 0 aromatic heterocycles. The lowest BCUT2D eigenvalue weighted by atomic mass is 9.44. The summed E-state index contributed by atoms with van der Waals surface area (Å²) in [7, 11) is 0. The van der Waals surface area contributed by atoms with Crippen molar-refractivity contribution in [2.45, 2.75) is 179 Å². The topological polar surface area (TPSA) is 187 Å². The zero-order valence-corrected chi connectivity index (χ0v) is 32.9. The van der Waals surface area contributed by atoms with E-state index in [0.717, 1.165) is 42.4 Å². The third-order valence-electron chi connectivity index (χ3n) is 15.6. The SMILES string of the molecule is CC(=O)N[C@H]1[C@H](O[C@H]2[C@@H](O)[C@@H](CO)O[C@@H](OCC(C)CCC[C@@H](C)[C@H]3CC[C@H]4[C@@H]5CCC6CCCC[C@]6(C)[C@H]5CC[C@]34C)[C@@H]2O)O[C@H](CO)[C@@H](O)[C@@H]1O. The predicted molar refractivity (Wildman–Crippen MR) is 196 cm³/mol. The van der Waals surface area contributed by atoms with Crippen molar-refractivity contribution in [1.82, 2.24) is 5.32 Å². The third-order valence-corrected chi connectivity index (χ3v) is 15.6. The van der Waals surface area contributed by atoms with Gasteiger partial charge < -0.3 is 54.9 Å². The molecular weight excluding hydrogens is 682 g/mol. The largest absolute Gasteiger partial charge is 0.394 e. The first-order valence-corrected chi connectivity index (χ1v) is 21.0. The molecular formula is C41H71NO11. The van der Waals surface area contributed by atoms with Crippen molar-refractivity contribution >= 4 is 5.91 Å². The molecule has 0 bridgehead atoms. The van der Waals surface area contributed by atoms with E-state index in [0.29, 0.717) is 16.7 Å². The van der Waals surface area contributed by atoms with Crippen molar-refractivity contribution in [1.29, 1.82) is 0 Å². The summed E-state index contributed by atoms with van der Waals surface area (Å²) in [5.74, 6) is 4.76. The van der Waals surface area contributed by atoms with Gasteiger partial charge in [-0.25, -0.2) is 0 Å². The molecule has 2 aliphatic heterocycles. The number of amides is 1. The zero-order valence-electron chi connectivity index (χ0n) is 32.9. The Kier molecular flexibility index (Phi) is 13.6. The second kappa shape index (κ2) is 17.3. The Hall–Kier alpha value is -0.930. The Morgan fingerprint density at radius 3 is 2.21 bits per heavy atom. The molecule has 306 valence electrons. The molecule has 53 heavy (non-hydrogen) atoms. The van der Waals surface area contributed by atoms with Crippen LogP contribution in [0.4, 0.5) is 0 Å². The first-order valence-electron chi connectivity index (χ1n) is 21.0. The van der Waals surface area contributed by atoms with Crippen molar-refractivity contribution in [3.8, 4) is 0 Å². The fourth-order valence-corrected chi connectivity index (χ4v) is 12.7. The average molecular weight is 754 g/mol. The second-order valence-electron chi connectivity index (χ2n) is 18.7. The van der Waals surface area contributed by atoms with Gasteiger partial charge in [0.05, 0.1) is 19.8 Å². The smallest absolute Gasteiger partial charge is 0.217 e. The summed E-state index contributed by atoms with van der Waals surface area (Å²) in [6.45, 7) is 10.2. The summed E-state index contributed by atoms with van der Waals surface area (Å²) < 4.78 is 23.4. The van der Waals surface area contributed by atoms with Crippen LogP contribution in [0.25, 0.3) is 0 Å². The first kappa shape index (κ1) is 41.7. The molecule has 2 unspecified atom stereocenters. The van der Waals surface area contributed by atoms with E-state index >= 15 is 0 Å². The van der Waals surface area contributed by atoms with Crippen LogP contribution in [0.15, 0.2) is 0 Å². The molecule has 0 radical (unpaired) electrons. The van der Waals surface area contributed by atoms with E-state index in [-0.39, 0.29) is 12.5 Å². The molecule has 12 heteroatoms. The van der Waals surface area contributed by atoms with Gasteiger partial charge in [-0.05, 0) is 110 Å². The van der Waals surface area contributed by atoms with Gasteiger partial charge in [0.1, 0.15) is 48.8 Å². The van der Waals surface area contributed by atoms with E-state index < -0.39 is 80.5 Å². The number of hydrogen-bond donors (Lipinski definition) is 7. The lowest BCUT2D eigenvalue weighted by Crippen LogP contribution is -2.67. The zero-order chi connectivity index (χ0) is 38.2. The number of nitrogens with one attached hydrogen (secondary N) is 1. The van der Waals surface area contributed by atoms with Crippen LogP contribution in [0.1, 0.15) is 118 Å². The summed E-state index contributed by atoms with van der Waals surface area (Å²) in [4.78, 5) is 11.9. The molecule has 2 heterocycles. The number of carbonyl (C=O) groups excluding carboxylic acids is 1. The van der Waals surface area contributed by atoms with Crippen molar-refractivity contribution in [2.75, 3.05) is 19.8 Å². The molecule has 1 amide bonds. The lowest BCUT2D eigenvalue weighted by molar-refractivity contribution is -0.348. The summed E-state index contributed by atoms with van der Waals surface area (Å²) in [5, 5.41) is 65.4. The number of rotatable bonds is 13. The van der Waals surface area contributed by atoms with Gasteiger partial charge in [-0.2, -0.15) is 0 Å². The van der Waals surface area contributed by atoms with E-state index in [4.69, 9.17) is 18.9 Å². The van der Waals surface area contributed by atoms with Crippen LogP contribution in [-0.4, -0.2) is 118 Å². The van der Waals surface area contributed by atoms with Crippen LogP contribution in [0.3, 0.4) is 0 Å². The Balaban J connectivity index is 0.996. The molecule has 0 aromatic rings. The number of ether oxygens (including phenoxy) is 4. The van der Waals surface area contributed by atoms with Gasteiger partial charge in [0.2, 0.25) is 5.91 Å². The van der Waals surface area contributed by atoms with E-state index in [1.165, 1.54) is 77.6 Å². The minimum Gasteiger partial charge on any atom is -0.394 e. The van der Waals surface area contributed by atoms with Crippen LogP contribution >= 0.6 is 0 Å². The molecule has 4 aliphatic carbocycles. The summed E-state index contributed by atoms with van der Waals surface area (Å²) >= 11 is 0. The molecule has 19 atom stereocenters. The highest BCUT2D eigenvalue weighted by Crippen LogP contribution is 2.68. The maximum atomic E-state index is 11.9. The van der Waals surface area contributed by atoms with Crippen molar-refractivity contribution < 1.29 is 54.4 Å². The third kappa shape index (κ3) is 8.25. The van der Waals surface area contributed by atoms with Crippen molar-refractivity contribution in [3.63, 3.8) is 0 Å². The minimum absolute atomic E-state index is 0.165. The van der Waals surface area contributed by atoms with Crippen molar-refractivity contribution in [3.05, 3.63) is 0 Å². The molecule has 2 saturated heterocycles. The number of carbonyl (C=O) groups is 1. The second-order valence-corrected chi connectivity index (χ2v) is 18.7. The van der Waals surface area contributed by atoms with E-state index in [1.807, 2.05) is 0 Å². The standard InChI is InChI=1S/C41H71NO11/c1-22(9-8-10-23(2)27-14-15-28-26-13-12-25-11-6-7-17-40(25,4)29(26)16-18-41(27,28)5)21-50-39-36(49)37(34(47)31(20-44)52-39)53-38-32(42-24(3)45)35(48)33(46)30(19-43)51-38/h22-23,25-39,43-44,46-49H,6-21H2,1-5H3,(H,42,45)/t22?,23-,25?,26+,27-,28+,29+,30-,31-,32-,33-,34+,35-,36-,37+,38+,39-,40+,41-/m1/s1. The minimum atomic E-state index is -1.56. The number of aliphatic hydroxyl groups excluding tert-OH is 6. The molecule has 0 aromatic carbocycles. The van der Waals surface area contributed by atoms with Gasteiger partial charge in [0.25, 0.3) is 0 Å². The molecule has 0 spiro atoms. The van der Waals surface area contributed by atoms with Gasteiger partial charge in [-0.1, -0.05) is 53.4 Å². The van der Waals surface area contributed by atoms with Gasteiger partial charge in [-0.15, -0.1) is 0 Å². The summed E-state index contributed by atoms with van der Waals surface area (Å²) in [5.41, 5.74) is 1.03. The predicted octanol–water partition coefficient (Wildman–Crippen LogP) is 3.26.